The lowest BCUT2D eigenvalue weighted by atomic mass is 9.69. The lowest BCUT2D eigenvalue weighted by Crippen LogP contribution is -2.43. The van der Waals surface area contributed by atoms with Gasteiger partial charge in [0.15, 0.2) is 0 Å². The molecule has 0 bridgehead atoms. The quantitative estimate of drug-likeness (QED) is 0.629. The van der Waals surface area contributed by atoms with E-state index in [1.165, 1.54) is 37.7 Å². The Hall–Kier alpha value is -2.65. The molecule has 6 rings (SSSR count). The third kappa shape index (κ3) is 3.45. The van der Waals surface area contributed by atoms with Gasteiger partial charge in [0.25, 0.3) is 0 Å². The van der Waals surface area contributed by atoms with Gasteiger partial charge in [-0.15, -0.1) is 16.5 Å². The van der Waals surface area contributed by atoms with Crippen LogP contribution >= 0.6 is 11.3 Å². The van der Waals surface area contributed by atoms with Gasteiger partial charge in [-0.2, -0.15) is 5.11 Å². The third-order valence-corrected chi connectivity index (χ3v) is 7.76. The number of piperazine rings is 1. The molecule has 0 radical (unpaired) electrons. The second-order valence-corrected chi connectivity index (χ2v) is 9.72. The SMILES string of the molecule is c1cc(Nc2ncc3sc4c(c3n2)C2(CCCCC2)CN=N4)ncc1N1CCNCC1. The Morgan fingerprint density at radius 1 is 1.03 bits per heavy atom. The minimum Gasteiger partial charge on any atom is -0.368 e. The molecule has 1 saturated heterocycles. The number of hydrogen-bond donors (Lipinski definition) is 2. The molecular weight excluding hydrogens is 408 g/mol. The summed E-state index contributed by atoms with van der Waals surface area (Å²) >= 11 is 1.66. The van der Waals surface area contributed by atoms with Crippen LogP contribution in [0.2, 0.25) is 0 Å². The van der Waals surface area contributed by atoms with Crippen molar-refractivity contribution < 1.29 is 0 Å². The van der Waals surface area contributed by atoms with E-state index in [0.717, 1.165) is 59.4 Å². The smallest absolute Gasteiger partial charge is 0.228 e. The predicted molar refractivity (Wildman–Crippen MR) is 124 cm³/mol. The van der Waals surface area contributed by atoms with E-state index in [1.54, 1.807) is 11.3 Å². The molecule has 0 atom stereocenters. The molecule has 2 aliphatic heterocycles. The number of rotatable bonds is 3. The molecule has 160 valence electrons. The normalized spacial score (nSPS) is 20.2. The van der Waals surface area contributed by atoms with Crippen molar-refractivity contribution in [3.05, 3.63) is 30.1 Å². The average Bonchev–Trinajstić information content (AvgIpc) is 3.20. The minimum absolute atomic E-state index is 0.0996. The number of azo groups is 1. The Balaban J connectivity index is 1.29. The summed E-state index contributed by atoms with van der Waals surface area (Å²) in [4.78, 5) is 16.4. The van der Waals surface area contributed by atoms with Crippen molar-refractivity contribution in [2.45, 2.75) is 37.5 Å². The van der Waals surface area contributed by atoms with Gasteiger partial charge in [-0.25, -0.2) is 15.0 Å². The van der Waals surface area contributed by atoms with Gasteiger partial charge in [-0.1, -0.05) is 19.3 Å². The molecule has 2 fully saturated rings. The summed E-state index contributed by atoms with van der Waals surface area (Å²) in [7, 11) is 0. The summed E-state index contributed by atoms with van der Waals surface area (Å²) < 4.78 is 1.09. The summed E-state index contributed by atoms with van der Waals surface area (Å²) in [5.74, 6) is 1.35. The highest BCUT2D eigenvalue weighted by atomic mass is 32.1. The molecule has 0 unspecified atom stereocenters. The fraction of sp³-hybridized carbons (Fsp3) is 0.500. The topological polar surface area (TPSA) is 90.7 Å². The molecule has 31 heavy (non-hydrogen) atoms. The Kier molecular flexibility index (Phi) is 4.80. The largest absolute Gasteiger partial charge is 0.368 e. The number of nitrogens with zero attached hydrogens (tertiary/aromatic N) is 6. The third-order valence-electron chi connectivity index (χ3n) is 6.76. The molecule has 1 spiro atoms. The van der Waals surface area contributed by atoms with Crippen molar-refractivity contribution in [2.24, 2.45) is 10.2 Å². The summed E-state index contributed by atoms with van der Waals surface area (Å²) in [6.45, 7) is 4.83. The summed E-state index contributed by atoms with van der Waals surface area (Å²) in [5.41, 5.74) is 3.59. The molecule has 2 N–H and O–H groups in total. The van der Waals surface area contributed by atoms with E-state index in [0.29, 0.717) is 5.95 Å². The number of pyridine rings is 1. The van der Waals surface area contributed by atoms with Gasteiger partial charge >= 0.3 is 0 Å². The van der Waals surface area contributed by atoms with Crippen LogP contribution in [0.4, 0.5) is 22.5 Å². The van der Waals surface area contributed by atoms with Crippen LogP contribution < -0.4 is 15.5 Å². The van der Waals surface area contributed by atoms with Crippen molar-refractivity contribution >= 4 is 44.0 Å². The van der Waals surface area contributed by atoms with Crippen LogP contribution in [0, 0.1) is 0 Å². The number of nitrogens with one attached hydrogen (secondary N) is 2. The van der Waals surface area contributed by atoms with Crippen molar-refractivity contribution in [3.8, 4) is 0 Å². The molecule has 1 saturated carbocycles. The maximum Gasteiger partial charge on any atom is 0.228 e. The standard InChI is InChI=1S/C22H26N8S/c1-2-6-22(7-3-1)14-26-29-20-18(22)19-16(31-20)13-25-21(28-19)27-17-5-4-15(12-24-17)30-10-8-23-9-11-30/h4-5,12-13,23H,1-3,6-11,14H2,(H,24,25,27,28). The number of aromatic nitrogens is 3. The van der Waals surface area contributed by atoms with Crippen LogP contribution in [0.25, 0.3) is 10.2 Å². The zero-order valence-corrected chi connectivity index (χ0v) is 18.3. The van der Waals surface area contributed by atoms with Crippen LogP contribution in [0.3, 0.4) is 0 Å². The monoisotopic (exact) mass is 434 g/mol. The highest BCUT2D eigenvalue weighted by Crippen LogP contribution is 2.52. The van der Waals surface area contributed by atoms with E-state index in [1.807, 2.05) is 18.5 Å². The number of thiophene rings is 1. The Labute approximate surface area is 185 Å². The number of anilines is 3. The van der Waals surface area contributed by atoms with E-state index in [4.69, 9.17) is 4.98 Å². The van der Waals surface area contributed by atoms with Crippen LogP contribution in [0.15, 0.2) is 34.8 Å². The highest BCUT2D eigenvalue weighted by molar-refractivity contribution is 7.22. The first-order valence-corrected chi connectivity index (χ1v) is 12.0. The first kappa shape index (κ1) is 19.1. The first-order chi connectivity index (χ1) is 15.3. The lowest BCUT2D eigenvalue weighted by molar-refractivity contribution is 0.296. The molecule has 3 aromatic heterocycles. The van der Waals surface area contributed by atoms with Crippen LogP contribution in [-0.2, 0) is 5.41 Å². The summed E-state index contributed by atoms with van der Waals surface area (Å²) in [6, 6.07) is 4.12. The molecule has 9 heteroatoms. The summed E-state index contributed by atoms with van der Waals surface area (Å²) in [6.07, 6.45) is 10.0. The van der Waals surface area contributed by atoms with Crippen molar-refractivity contribution in [1.82, 2.24) is 20.3 Å². The molecule has 3 aromatic rings. The zero-order valence-electron chi connectivity index (χ0n) is 17.5. The van der Waals surface area contributed by atoms with Gasteiger partial charge in [0, 0.05) is 37.2 Å². The van der Waals surface area contributed by atoms with Crippen molar-refractivity contribution in [1.29, 1.82) is 0 Å². The summed E-state index contributed by atoms with van der Waals surface area (Å²) in [5, 5.41) is 16.7. The second kappa shape index (κ2) is 7.80. The van der Waals surface area contributed by atoms with Crippen LogP contribution in [-0.4, -0.2) is 47.7 Å². The van der Waals surface area contributed by atoms with Crippen LogP contribution in [0.1, 0.15) is 37.7 Å². The molecule has 1 aliphatic carbocycles. The Morgan fingerprint density at radius 2 is 1.90 bits per heavy atom. The molecule has 8 nitrogen and oxygen atoms in total. The zero-order chi connectivity index (χ0) is 20.7. The van der Waals surface area contributed by atoms with Crippen molar-refractivity contribution in [3.63, 3.8) is 0 Å². The fourth-order valence-electron chi connectivity index (χ4n) is 5.12. The van der Waals surface area contributed by atoms with Gasteiger partial charge < -0.3 is 15.5 Å². The van der Waals surface area contributed by atoms with Gasteiger partial charge in [0.1, 0.15) is 10.8 Å². The Morgan fingerprint density at radius 3 is 2.71 bits per heavy atom. The fourth-order valence-corrected chi connectivity index (χ4v) is 6.20. The number of hydrogen-bond acceptors (Lipinski definition) is 9. The predicted octanol–water partition coefficient (Wildman–Crippen LogP) is 4.54. The maximum atomic E-state index is 4.93. The maximum absolute atomic E-state index is 4.93. The van der Waals surface area contributed by atoms with Gasteiger partial charge in [-0.3, -0.25) is 0 Å². The molecule has 3 aliphatic rings. The van der Waals surface area contributed by atoms with E-state index in [-0.39, 0.29) is 5.41 Å². The molecule has 5 heterocycles. The van der Waals surface area contributed by atoms with E-state index in [9.17, 15) is 0 Å². The Bertz CT molecular complexity index is 1110. The average molecular weight is 435 g/mol. The second-order valence-electron chi connectivity index (χ2n) is 8.69. The lowest BCUT2D eigenvalue weighted by Gasteiger charge is -2.37. The van der Waals surface area contributed by atoms with Crippen molar-refractivity contribution in [2.75, 3.05) is 42.9 Å². The van der Waals surface area contributed by atoms with E-state index < -0.39 is 0 Å². The number of fused-ring (bicyclic) bond motifs is 4. The van der Waals surface area contributed by atoms with Gasteiger partial charge in [0.2, 0.25) is 5.95 Å². The molecule has 0 amide bonds. The van der Waals surface area contributed by atoms with Crippen LogP contribution in [0.5, 0.6) is 0 Å². The molecular formula is C22H26N8S. The van der Waals surface area contributed by atoms with E-state index >= 15 is 0 Å². The van der Waals surface area contributed by atoms with E-state index in [2.05, 4.69) is 41.8 Å². The highest BCUT2D eigenvalue weighted by Gasteiger charge is 2.41. The van der Waals surface area contributed by atoms with Gasteiger partial charge in [0.05, 0.1) is 34.8 Å². The van der Waals surface area contributed by atoms with Gasteiger partial charge in [-0.05, 0) is 25.0 Å². The molecule has 0 aromatic carbocycles. The first-order valence-electron chi connectivity index (χ1n) is 11.2. The minimum atomic E-state index is 0.0996.